The Hall–Kier alpha value is -2.82. The first-order chi connectivity index (χ1) is 12.6. The third kappa shape index (κ3) is 6.24. The molecule has 2 aromatic carbocycles. The summed E-state index contributed by atoms with van der Waals surface area (Å²) in [6.45, 7) is 2.80. The smallest absolute Gasteiger partial charge is 0.305 e. The van der Waals surface area contributed by atoms with Gasteiger partial charge in [-0.1, -0.05) is 50.1 Å². The molecule has 138 valence electrons. The largest absolute Gasteiger partial charge is 0.494 e. The Morgan fingerprint density at radius 2 is 1.73 bits per heavy atom. The summed E-state index contributed by atoms with van der Waals surface area (Å²) >= 11 is 0. The summed E-state index contributed by atoms with van der Waals surface area (Å²) in [4.78, 5) is 23.6. The summed E-state index contributed by atoms with van der Waals surface area (Å²) in [6, 6.07) is 15.4. The maximum Gasteiger partial charge on any atom is 0.305 e. The Kier molecular flexibility index (Phi) is 7.68. The van der Waals surface area contributed by atoms with Gasteiger partial charge in [0.25, 0.3) is 5.91 Å². The first-order valence-corrected chi connectivity index (χ1v) is 8.90. The van der Waals surface area contributed by atoms with Crippen LogP contribution in [0.3, 0.4) is 0 Å². The van der Waals surface area contributed by atoms with Gasteiger partial charge in [0.15, 0.2) is 0 Å². The minimum absolute atomic E-state index is 0.172. The Morgan fingerprint density at radius 3 is 2.35 bits per heavy atom. The predicted molar refractivity (Wildman–Crippen MR) is 100 cm³/mol. The van der Waals surface area contributed by atoms with Gasteiger partial charge >= 0.3 is 5.97 Å². The van der Waals surface area contributed by atoms with E-state index in [9.17, 15) is 9.59 Å². The van der Waals surface area contributed by atoms with Crippen molar-refractivity contribution in [1.82, 2.24) is 5.32 Å². The molecule has 0 saturated carbocycles. The zero-order chi connectivity index (χ0) is 18.8. The lowest BCUT2D eigenvalue weighted by molar-refractivity contribution is -0.137. The standard InChI is InChI=1S/C21H25NO4/c1-2-3-7-14-26-18-12-10-17(11-13-18)21(25)22-19(15-20(23)24)16-8-5-4-6-9-16/h4-6,8-13,19H,2-3,7,14-15H2,1H3,(H,22,25)(H,23,24)/t19-/m1/s1. The van der Waals surface area contributed by atoms with Gasteiger partial charge in [0.05, 0.1) is 19.1 Å². The highest BCUT2D eigenvalue weighted by atomic mass is 16.5. The number of carboxylic acids is 1. The van der Waals surface area contributed by atoms with Crippen molar-refractivity contribution in [3.05, 3.63) is 65.7 Å². The fraction of sp³-hybridized carbons (Fsp3) is 0.333. The van der Waals surface area contributed by atoms with Gasteiger partial charge in [0.2, 0.25) is 0 Å². The minimum Gasteiger partial charge on any atom is -0.494 e. The van der Waals surface area contributed by atoms with Crippen LogP contribution in [0.25, 0.3) is 0 Å². The van der Waals surface area contributed by atoms with E-state index in [0.29, 0.717) is 12.2 Å². The van der Waals surface area contributed by atoms with Crippen LogP contribution in [0.1, 0.15) is 54.6 Å². The van der Waals surface area contributed by atoms with Crippen molar-refractivity contribution in [2.75, 3.05) is 6.61 Å². The summed E-state index contributed by atoms with van der Waals surface area (Å²) in [7, 11) is 0. The van der Waals surface area contributed by atoms with Crippen molar-refractivity contribution in [3.63, 3.8) is 0 Å². The highest BCUT2D eigenvalue weighted by Crippen LogP contribution is 2.18. The first-order valence-electron chi connectivity index (χ1n) is 8.90. The molecule has 0 aliphatic heterocycles. The quantitative estimate of drug-likeness (QED) is 0.626. The number of rotatable bonds is 10. The van der Waals surface area contributed by atoms with Crippen molar-refractivity contribution in [2.24, 2.45) is 0 Å². The molecule has 0 fully saturated rings. The van der Waals surface area contributed by atoms with E-state index in [1.54, 1.807) is 36.4 Å². The molecule has 2 aromatic rings. The normalized spacial score (nSPS) is 11.6. The number of nitrogens with one attached hydrogen (secondary N) is 1. The van der Waals surface area contributed by atoms with Gasteiger partial charge in [-0.2, -0.15) is 0 Å². The highest BCUT2D eigenvalue weighted by molar-refractivity contribution is 5.94. The fourth-order valence-corrected chi connectivity index (χ4v) is 2.60. The number of hydrogen-bond acceptors (Lipinski definition) is 3. The number of carbonyl (C=O) groups is 2. The van der Waals surface area contributed by atoms with Gasteiger partial charge < -0.3 is 15.2 Å². The molecule has 0 radical (unpaired) electrons. The zero-order valence-corrected chi connectivity index (χ0v) is 15.0. The van der Waals surface area contributed by atoms with Crippen LogP contribution in [-0.4, -0.2) is 23.6 Å². The monoisotopic (exact) mass is 355 g/mol. The molecule has 1 atom stereocenters. The first kappa shape index (κ1) is 19.5. The van der Waals surface area contributed by atoms with E-state index in [1.807, 2.05) is 18.2 Å². The molecule has 0 bridgehead atoms. The molecule has 5 nitrogen and oxygen atoms in total. The van der Waals surface area contributed by atoms with Crippen molar-refractivity contribution in [1.29, 1.82) is 0 Å². The maximum absolute atomic E-state index is 12.5. The van der Waals surface area contributed by atoms with E-state index in [4.69, 9.17) is 9.84 Å². The molecule has 0 aliphatic carbocycles. The van der Waals surface area contributed by atoms with Gasteiger partial charge in [-0.3, -0.25) is 9.59 Å². The zero-order valence-electron chi connectivity index (χ0n) is 15.0. The minimum atomic E-state index is -0.963. The molecule has 0 aliphatic rings. The van der Waals surface area contributed by atoms with Gasteiger partial charge in [0, 0.05) is 5.56 Å². The van der Waals surface area contributed by atoms with Crippen molar-refractivity contribution < 1.29 is 19.4 Å². The molecule has 0 heterocycles. The molecule has 2 N–H and O–H groups in total. The average Bonchev–Trinajstić information content (AvgIpc) is 2.65. The summed E-state index contributed by atoms with van der Waals surface area (Å²) in [5.41, 5.74) is 1.23. The van der Waals surface area contributed by atoms with Crippen LogP contribution in [0, 0.1) is 0 Å². The average molecular weight is 355 g/mol. The number of ether oxygens (including phenoxy) is 1. The molecular weight excluding hydrogens is 330 g/mol. The number of amides is 1. The summed E-state index contributed by atoms with van der Waals surface area (Å²) in [5, 5.41) is 11.9. The highest BCUT2D eigenvalue weighted by Gasteiger charge is 2.18. The number of aliphatic carboxylic acids is 1. The number of hydrogen-bond donors (Lipinski definition) is 2. The Morgan fingerprint density at radius 1 is 1.04 bits per heavy atom. The van der Waals surface area contributed by atoms with Crippen LogP contribution in [0.5, 0.6) is 5.75 Å². The van der Waals surface area contributed by atoms with E-state index in [0.717, 1.165) is 30.6 Å². The van der Waals surface area contributed by atoms with Gasteiger partial charge in [-0.25, -0.2) is 0 Å². The Bertz CT molecular complexity index is 698. The number of carboxylic acid groups (broad SMARTS) is 1. The van der Waals surface area contributed by atoms with Crippen LogP contribution in [-0.2, 0) is 4.79 Å². The van der Waals surface area contributed by atoms with Crippen molar-refractivity contribution >= 4 is 11.9 Å². The number of unbranched alkanes of at least 4 members (excludes halogenated alkanes) is 2. The lowest BCUT2D eigenvalue weighted by Gasteiger charge is -2.17. The number of benzene rings is 2. The second-order valence-electron chi connectivity index (χ2n) is 6.11. The summed E-state index contributed by atoms with van der Waals surface area (Å²) < 4.78 is 5.64. The lowest BCUT2D eigenvalue weighted by atomic mass is 10.0. The van der Waals surface area contributed by atoms with Crippen LogP contribution < -0.4 is 10.1 Å². The second kappa shape index (κ2) is 10.2. The lowest BCUT2D eigenvalue weighted by Crippen LogP contribution is -2.30. The molecular formula is C21H25NO4. The molecule has 0 unspecified atom stereocenters. The third-order valence-corrected chi connectivity index (χ3v) is 4.02. The van der Waals surface area contributed by atoms with E-state index >= 15 is 0 Å². The SMILES string of the molecule is CCCCCOc1ccc(C(=O)N[C@H](CC(=O)O)c2ccccc2)cc1. The summed E-state index contributed by atoms with van der Waals surface area (Å²) in [6.07, 6.45) is 3.10. The molecule has 0 saturated heterocycles. The van der Waals surface area contributed by atoms with E-state index < -0.39 is 12.0 Å². The maximum atomic E-state index is 12.5. The summed E-state index contributed by atoms with van der Waals surface area (Å²) in [5.74, 6) is -0.546. The van der Waals surface area contributed by atoms with E-state index in [2.05, 4.69) is 12.2 Å². The molecule has 0 spiro atoms. The molecule has 26 heavy (non-hydrogen) atoms. The van der Waals surface area contributed by atoms with Gasteiger partial charge in [-0.15, -0.1) is 0 Å². The van der Waals surface area contributed by atoms with Crippen molar-refractivity contribution in [3.8, 4) is 5.75 Å². The molecule has 5 heteroatoms. The Balaban J connectivity index is 1.99. The van der Waals surface area contributed by atoms with Crippen LogP contribution in [0.2, 0.25) is 0 Å². The fourth-order valence-electron chi connectivity index (χ4n) is 2.60. The van der Waals surface area contributed by atoms with E-state index in [1.165, 1.54) is 0 Å². The molecule has 1 amide bonds. The van der Waals surface area contributed by atoms with Crippen molar-refractivity contribution in [2.45, 2.75) is 38.6 Å². The number of carbonyl (C=O) groups excluding carboxylic acids is 1. The van der Waals surface area contributed by atoms with Crippen LogP contribution in [0.15, 0.2) is 54.6 Å². The molecule has 2 rings (SSSR count). The van der Waals surface area contributed by atoms with Crippen LogP contribution in [0.4, 0.5) is 0 Å². The predicted octanol–water partition coefficient (Wildman–Crippen LogP) is 4.20. The molecule has 0 aromatic heterocycles. The topological polar surface area (TPSA) is 75.6 Å². The Labute approximate surface area is 154 Å². The van der Waals surface area contributed by atoms with Gasteiger partial charge in [-0.05, 0) is 36.2 Å². The second-order valence-corrected chi connectivity index (χ2v) is 6.11. The van der Waals surface area contributed by atoms with Gasteiger partial charge in [0.1, 0.15) is 5.75 Å². The van der Waals surface area contributed by atoms with Crippen LogP contribution >= 0.6 is 0 Å². The van der Waals surface area contributed by atoms with E-state index in [-0.39, 0.29) is 12.3 Å². The third-order valence-electron chi connectivity index (χ3n) is 4.02.